The van der Waals surface area contributed by atoms with Crippen LogP contribution in [0.15, 0.2) is 79.0 Å². The number of rotatable bonds is 10. The fourth-order valence-corrected chi connectivity index (χ4v) is 3.77. The van der Waals surface area contributed by atoms with E-state index in [9.17, 15) is 9.59 Å². The molecule has 6 heteroatoms. The molecule has 1 aromatic heterocycles. The van der Waals surface area contributed by atoms with Crippen molar-refractivity contribution in [3.63, 3.8) is 0 Å². The molecule has 0 radical (unpaired) electrons. The highest BCUT2D eigenvalue weighted by Gasteiger charge is 2.15. The van der Waals surface area contributed by atoms with Crippen LogP contribution in [-0.4, -0.2) is 30.1 Å². The summed E-state index contributed by atoms with van der Waals surface area (Å²) in [4.78, 5) is 27.7. The van der Waals surface area contributed by atoms with Gasteiger partial charge in [0.05, 0.1) is 17.7 Å². The Hall–Kier alpha value is -4.06. The van der Waals surface area contributed by atoms with E-state index in [0.717, 1.165) is 42.4 Å². The monoisotopic (exact) mass is 456 g/mol. The van der Waals surface area contributed by atoms with Crippen LogP contribution in [0.25, 0.3) is 10.9 Å². The van der Waals surface area contributed by atoms with Gasteiger partial charge in [-0.05, 0) is 74.2 Å². The zero-order valence-corrected chi connectivity index (χ0v) is 19.2. The molecule has 0 fully saturated rings. The number of nitrogens with one attached hydrogen (secondary N) is 2. The molecule has 2 N–H and O–H groups in total. The van der Waals surface area contributed by atoms with Crippen LogP contribution in [0.5, 0.6) is 5.75 Å². The van der Waals surface area contributed by atoms with Gasteiger partial charge in [-0.1, -0.05) is 30.3 Å². The number of benzene rings is 3. The third-order valence-electron chi connectivity index (χ3n) is 5.54. The summed E-state index contributed by atoms with van der Waals surface area (Å²) in [7, 11) is 0. The molecule has 0 aliphatic heterocycles. The van der Waals surface area contributed by atoms with Crippen molar-refractivity contribution in [1.82, 2.24) is 4.98 Å². The second-order valence-electron chi connectivity index (χ2n) is 7.97. The smallest absolute Gasteiger partial charge is 0.345 e. The molecule has 4 rings (SSSR count). The van der Waals surface area contributed by atoms with Crippen LogP contribution in [0, 0.1) is 0 Å². The predicted octanol–water partition coefficient (Wildman–Crippen LogP) is 6.00. The van der Waals surface area contributed by atoms with Gasteiger partial charge >= 0.3 is 11.9 Å². The number of unbranched alkanes of at least 4 members (excludes halogenated alkanes) is 1. The molecule has 3 aromatic carbocycles. The first kappa shape index (κ1) is 23.1. The molecule has 34 heavy (non-hydrogen) atoms. The molecule has 0 saturated carbocycles. The first-order valence-corrected chi connectivity index (χ1v) is 11.5. The number of hydrogen-bond acceptors (Lipinski definition) is 5. The van der Waals surface area contributed by atoms with Crippen LogP contribution in [0.3, 0.4) is 0 Å². The van der Waals surface area contributed by atoms with Gasteiger partial charge in [-0.3, -0.25) is 0 Å². The van der Waals surface area contributed by atoms with Gasteiger partial charge < -0.3 is 19.8 Å². The number of hydrogen-bond donors (Lipinski definition) is 2. The van der Waals surface area contributed by atoms with Crippen molar-refractivity contribution in [3.8, 4) is 5.75 Å². The van der Waals surface area contributed by atoms with Crippen molar-refractivity contribution in [2.45, 2.75) is 26.2 Å². The molecular weight excluding hydrogens is 428 g/mol. The minimum atomic E-state index is -0.463. The third kappa shape index (κ3) is 5.84. The number of aromatic nitrogens is 1. The van der Waals surface area contributed by atoms with Crippen LogP contribution in [-0.2, 0) is 11.2 Å². The van der Waals surface area contributed by atoms with Gasteiger partial charge in [0, 0.05) is 29.3 Å². The lowest BCUT2D eigenvalue weighted by Gasteiger charge is -2.08. The zero-order chi connectivity index (χ0) is 23.8. The van der Waals surface area contributed by atoms with E-state index in [2.05, 4.69) is 34.6 Å². The quantitative estimate of drug-likeness (QED) is 0.174. The largest absolute Gasteiger partial charge is 0.462 e. The number of aromatic amines is 1. The Kier molecular flexibility index (Phi) is 7.60. The van der Waals surface area contributed by atoms with E-state index in [0.29, 0.717) is 23.5 Å². The average Bonchev–Trinajstić information content (AvgIpc) is 3.28. The maximum atomic E-state index is 12.8. The SMILES string of the molecule is CCOC(=O)c1ccc(OC(=O)c2c[nH]c3ccc(NCCCCc4ccccc4)cc23)cc1. The highest BCUT2D eigenvalue weighted by atomic mass is 16.5. The lowest BCUT2D eigenvalue weighted by atomic mass is 10.1. The van der Waals surface area contributed by atoms with Crippen LogP contribution in [0.1, 0.15) is 46.0 Å². The second-order valence-corrected chi connectivity index (χ2v) is 7.97. The summed E-state index contributed by atoms with van der Waals surface area (Å²) in [5, 5.41) is 4.24. The zero-order valence-electron chi connectivity index (χ0n) is 19.2. The summed E-state index contributed by atoms with van der Waals surface area (Å²) < 4.78 is 10.5. The first-order chi connectivity index (χ1) is 16.6. The number of H-pyrrole nitrogens is 1. The molecular formula is C28H28N2O4. The van der Waals surface area contributed by atoms with Crippen molar-refractivity contribution in [2.24, 2.45) is 0 Å². The number of carbonyl (C=O) groups excluding carboxylic acids is 2. The molecule has 0 saturated heterocycles. The Bertz CT molecular complexity index is 1250. The topological polar surface area (TPSA) is 80.4 Å². The van der Waals surface area contributed by atoms with Gasteiger partial charge in [-0.15, -0.1) is 0 Å². The molecule has 1 heterocycles. The summed E-state index contributed by atoms with van der Waals surface area (Å²) in [5.41, 5.74) is 4.04. The predicted molar refractivity (Wildman–Crippen MR) is 134 cm³/mol. The van der Waals surface area contributed by atoms with E-state index in [1.165, 1.54) is 5.56 Å². The van der Waals surface area contributed by atoms with Gasteiger partial charge in [0.1, 0.15) is 5.75 Å². The van der Waals surface area contributed by atoms with Gasteiger partial charge in [0.2, 0.25) is 0 Å². The lowest BCUT2D eigenvalue weighted by Crippen LogP contribution is -2.09. The number of fused-ring (bicyclic) bond motifs is 1. The normalized spacial score (nSPS) is 10.7. The Morgan fingerprint density at radius 2 is 1.71 bits per heavy atom. The average molecular weight is 457 g/mol. The van der Waals surface area contributed by atoms with Crippen molar-refractivity contribution >= 4 is 28.5 Å². The Labute approximate surface area is 198 Å². The Morgan fingerprint density at radius 3 is 2.47 bits per heavy atom. The highest BCUT2D eigenvalue weighted by Crippen LogP contribution is 2.24. The minimum Gasteiger partial charge on any atom is -0.462 e. The first-order valence-electron chi connectivity index (χ1n) is 11.5. The number of esters is 2. The highest BCUT2D eigenvalue weighted by molar-refractivity contribution is 6.05. The molecule has 0 aliphatic carbocycles. The molecule has 0 atom stereocenters. The summed E-state index contributed by atoms with van der Waals surface area (Å²) in [6.07, 6.45) is 4.88. The minimum absolute atomic E-state index is 0.306. The van der Waals surface area contributed by atoms with Crippen molar-refractivity contribution in [1.29, 1.82) is 0 Å². The number of ether oxygens (including phenoxy) is 2. The third-order valence-corrected chi connectivity index (χ3v) is 5.54. The number of anilines is 1. The van der Waals surface area contributed by atoms with Crippen LogP contribution in [0.4, 0.5) is 5.69 Å². The molecule has 6 nitrogen and oxygen atoms in total. The van der Waals surface area contributed by atoms with E-state index >= 15 is 0 Å². The molecule has 0 bridgehead atoms. The number of aryl methyl sites for hydroxylation is 1. The molecule has 0 unspecified atom stereocenters. The van der Waals surface area contributed by atoms with Crippen LogP contribution in [0.2, 0.25) is 0 Å². The Balaban J connectivity index is 1.35. The van der Waals surface area contributed by atoms with E-state index in [4.69, 9.17) is 9.47 Å². The van der Waals surface area contributed by atoms with Gasteiger partial charge in [-0.25, -0.2) is 9.59 Å². The van der Waals surface area contributed by atoms with E-state index < -0.39 is 11.9 Å². The fraction of sp³-hybridized carbons (Fsp3) is 0.214. The van der Waals surface area contributed by atoms with Crippen LogP contribution >= 0.6 is 0 Å². The maximum Gasteiger partial charge on any atom is 0.345 e. The number of carbonyl (C=O) groups is 2. The van der Waals surface area contributed by atoms with Crippen molar-refractivity contribution < 1.29 is 19.1 Å². The summed E-state index contributed by atoms with van der Waals surface area (Å²) in [6, 6.07) is 22.7. The lowest BCUT2D eigenvalue weighted by molar-refractivity contribution is 0.0526. The summed E-state index contributed by atoms with van der Waals surface area (Å²) in [6.45, 7) is 2.91. The van der Waals surface area contributed by atoms with Gasteiger partial charge in [0.15, 0.2) is 0 Å². The van der Waals surface area contributed by atoms with E-state index in [1.54, 1.807) is 37.4 Å². The van der Waals surface area contributed by atoms with E-state index in [-0.39, 0.29) is 0 Å². The van der Waals surface area contributed by atoms with Gasteiger partial charge in [0.25, 0.3) is 0 Å². The molecule has 0 spiro atoms. The van der Waals surface area contributed by atoms with Gasteiger partial charge in [-0.2, -0.15) is 0 Å². The molecule has 0 aliphatic rings. The Morgan fingerprint density at radius 1 is 0.912 bits per heavy atom. The second kappa shape index (κ2) is 11.2. The summed E-state index contributed by atoms with van der Waals surface area (Å²) >= 11 is 0. The molecule has 4 aromatic rings. The van der Waals surface area contributed by atoms with E-state index in [1.807, 2.05) is 24.3 Å². The maximum absolute atomic E-state index is 12.8. The fourth-order valence-electron chi connectivity index (χ4n) is 3.77. The van der Waals surface area contributed by atoms with Crippen molar-refractivity contribution in [2.75, 3.05) is 18.5 Å². The van der Waals surface area contributed by atoms with Crippen molar-refractivity contribution in [3.05, 3.63) is 95.7 Å². The summed E-state index contributed by atoms with van der Waals surface area (Å²) in [5.74, 6) is -0.507. The standard InChI is InChI=1S/C28H28N2O4/c1-2-33-27(31)21-11-14-23(15-12-21)34-28(32)25-19-30-26-16-13-22(18-24(25)26)29-17-7-6-10-20-8-4-3-5-9-20/h3-5,8-9,11-16,18-19,29-30H,2,6-7,10,17H2,1H3. The molecule has 0 amide bonds. The molecule has 174 valence electrons. The van der Waals surface area contributed by atoms with Crippen LogP contribution < -0.4 is 10.1 Å².